The lowest BCUT2D eigenvalue weighted by Crippen LogP contribution is -1.99. The molecule has 0 aliphatic carbocycles. The van der Waals surface area contributed by atoms with E-state index in [4.69, 9.17) is 4.74 Å². The second-order valence-electron chi connectivity index (χ2n) is 5.94. The van der Waals surface area contributed by atoms with E-state index in [1.54, 1.807) is 25.3 Å². The van der Waals surface area contributed by atoms with Gasteiger partial charge in [0, 0.05) is 17.3 Å². The van der Waals surface area contributed by atoms with Gasteiger partial charge in [-0.25, -0.2) is 9.37 Å². The second kappa shape index (κ2) is 6.87. The van der Waals surface area contributed by atoms with Crippen molar-refractivity contribution >= 4 is 22.3 Å². The maximum absolute atomic E-state index is 13.4. The van der Waals surface area contributed by atoms with Crippen molar-refractivity contribution in [1.82, 2.24) is 4.98 Å². The molecule has 0 aliphatic heterocycles. The molecule has 0 spiro atoms. The highest BCUT2D eigenvalue weighted by Crippen LogP contribution is 2.30. The van der Waals surface area contributed by atoms with E-state index in [2.05, 4.69) is 23.3 Å². The van der Waals surface area contributed by atoms with Crippen LogP contribution in [0.3, 0.4) is 0 Å². The number of anilines is 2. The second-order valence-corrected chi connectivity index (χ2v) is 5.94. The number of aryl methyl sites for hydroxylation is 2. The van der Waals surface area contributed by atoms with Crippen LogP contribution in [-0.2, 0) is 0 Å². The minimum Gasteiger partial charge on any atom is -0.493 e. The van der Waals surface area contributed by atoms with Gasteiger partial charge >= 0.3 is 0 Å². The fourth-order valence-corrected chi connectivity index (χ4v) is 2.63. The molecule has 0 radical (unpaired) electrons. The van der Waals surface area contributed by atoms with Crippen molar-refractivity contribution in [1.29, 1.82) is 0 Å². The molecule has 1 aromatic heterocycles. The molecule has 0 atom stereocenters. The number of aromatic nitrogens is 1. The minimum absolute atomic E-state index is 0.208. The Morgan fingerprint density at radius 2 is 1.92 bits per heavy atom. The molecule has 0 unspecified atom stereocenters. The van der Waals surface area contributed by atoms with Crippen LogP contribution in [0, 0.1) is 19.7 Å². The number of benzene rings is 2. The quantitative estimate of drug-likeness (QED) is 0.670. The molecule has 0 aliphatic rings. The zero-order chi connectivity index (χ0) is 17.1. The Morgan fingerprint density at radius 1 is 1.08 bits per heavy atom. The van der Waals surface area contributed by atoms with Crippen molar-refractivity contribution in [3.63, 3.8) is 0 Å². The Hall–Kier alpha value is -2.62. The lowest BCUT2D eigenvalue weighted by molar-refractivity contribution is 0.316. The monoisotopic (exact) mass is 324 g/mol. The lowest BCUT2D eigenvalue weighted by Gasteiger charge is -2.13. The molecule has 0 fully saturated rings. The molecule has 1 heterocycles. The van der Waals surface area contributed by atoms with Crippen LogP contribution in [0.25, 0.3) is 10.8 Å². The van der Waals surface area contributed by atoms with Gasteiger partial charge in [-0.3, -0.25) is 0 Å². The van der Waals surface area contributed by atoms with E-state index in [1.165, 1.54) is 6.07 Å². The number of hydrogen-bond acceptors (Lipinski definition) is 3. The Morgan fingerprint density at radius 3 is 2.67 bits per heavy atom. The summed E-state index contributed by atoms with van der Waals surface area (Å²) in [6.45, 7) is 6.58. The van der Waals surface area contributed by atoms with Crippen LogP contribution in [0.15, 0.2) is 42.6 Å². The van der Waals surface area contributed by atoms with Crippen molar-refractivity contribution in [2.45, 2.75) is 27.2 Å². The fraction of sp³-hybridized carbons (Fsp3) is 0.250. The molecule has 4 heteroatoms. The highest BCUT2D eigenvalue weighted by atomic mass is 19.1. The summed E-state index contributed by atoms with van der Waals surface area (Å²) in [7, 11) is 0. The lowest BCUT2D eigenvalue weighted by atomic mass is 10.1. The molecule has 24 heavy (non-hydrogen) atoms. The number of nitrogens with zero attached hydrogens (tertiary/aromatic N) is 1. The number of halogens is 1. The molecule has 0 saturated heterocycles. The number of nitrogens with one attached hydrogen (secondary N) is 1. The molecule has 3 nitrogen and oxygen atoms in total. The van der Waals surface area contributed by atoms with Crippen molar-refractivity contribution < 1.29 is 9.13 Å². The highest BCUT2D eigenvalue weighted by molar-refractivity contribution is 5.94. The van der Waals surface area contributed by atoms with Crippen molar-refractivity contribution in [2.24, 2.45) is 0 Å². The summed E-state index contributed by atoms with van der Waals surface area (Å²) >= 11 is 0. The summed E-state index contributed by atoms with van der Waals surface area (Å²) < 4.78 is 19.2. The van der Waals surface area contributed by atoms with Gasteiger partial charge in [0.1, 0.15) is 17.4 Å². The van der Waals surface area contributed by atoms with Crippen LogP contribution >= 0.6 is 0 Å². The first-order valence-corrected chi connectivity index (χ1v) is 8.14. The van der Waals surface area contributed by atoms with Gasteiger partial charge in [-0.2, -0.15) is 0 Å². The predicted molar refractivity (Wildman–Crippen MR) is 96.7 cm³/mol. The van der Waals surface area contributed by atoms with Crippen LogP contribution in [0.2, 0.25) is 0 Å². The van der Waals surface area contributed by atoms with E-state index in [0.29, 0.717) is 12.2 Å². The Balaban J connectivity index is 1.99. The van der Waals surface area contributed by atoms with E-state index < -0.39 is 0 Å². The molecule has 1 N–H and O–H groups in total. The first-order valence-electron chi connectivity index (χ1n) is 8.14. The van der Waals surface area contributed by atoms with Gasteiger partial charge in [0.25, 0.3) is 0 Å². The number of rotatable bonds is 5. The van der Waals surface area contributed by atoms with Gasteiger partial charge in [0.05, 0.1) is 6.61 Å². The average Bonchev–Trinajstić information content (AvgIpc) is 2.57. The van der Waals surface area contributed by atoms with Crippen LogP contribution in [0.5, 0.6) is 5.75 Å². The molecule has 2 aromatic carbocycles. The molecule has 0 bridgehead atoms. The Bertz CT molecular complexity index is 877. The normalized spacial score (nSPS) is 10.8. The minimum atomic E-state index is -0.208. The maximum Gasteiger partial charge on any atom is 0.138 e. The summed E-state index contributed by atoms with van der Waals surface area (Å²) in [4.78, 5) is 4.44. The topological polar surface area (TPSA) is 34.1 Å². The molecular formula is C20H21FN2O. The third kappa shape index (κ3) is 3.32. The number of hydrogen-bond donors (Lipinski definition) is 1. The molecule has 3 rings (SSSR count). The number of pyridine rings is 1. The van der Waals surface area contributed by atoms with Crippen LogP contribution in [0.1, 0.15) is 24.5 Å². The largest absolute Gasteiger partial charge is 0.493 e. The van der Waals surface area contributed by atoms with Crippen molar-refractivity contribution in [3.8, 4) is 5.75 Å². The summed E-state index contributed by atoms with van der Waals surface area (Å²) in [6, 6.07) is 11.0. The van der Waals surface area contributed by atoms with Crippen LogP contribution in [-0.4, -0.2) is 11.6 Å². The summed E-state index contributed by atoms with van der Waals surface area (Å²) in [5.74, 6) is 1.45. The molecule has 0 saturated carbocycles. The standard InChI is InChI=1S/C20H21FN2O/c1-4-9-24-19-12-15-7-8-22-20(17(15)11-14(19)3)23-16-5-6-18(21)13(2)10-16/h5-8,10-12H,4,9H2,1-3H3,(H,22,23). The SMILES string of the molecule is CCCOc1cc2ccnc(Nc3ccc(F)c(C)c3)c2cc1C. The summed E-state index contributed by atoms with van der Waals surface area (Å²) in [5.41, 5.74) is 2.49. The average molecular weight is 324 g/mol. The molecule has 3 aromatic rings. The van der Waals surface area contributed by atoms with E-state index in [1.807, 2.05) is 19.1 Å². The van der Waals surface area contributed by atoms with E-state index >= 15 is 0 Å². The van der Waals surface area contributed by atoms with Gasteiger partial charge in [0.15, 0.2) is 0 Å². The first-order chi connectivity index (χ1) is 11.6. The van der Waals surface area contributed by atoms with Gasteiger partial charge in [-0.1, -0.05) is 6.92 Å². The third-order valence-corrected chi connectivity index (χ3v) is 3.94. The van der Waals surface area contributed by atoms with E-state index in [0.717, 1.165) is 40.0 Å². The van der Waals surface area contributed by atoms with Crippen LogP contribution in [0.4, 0.5) is 15.9 Å². The highest BCUT2D eigenvalue weighted by Gasteiger charge is 2.08. The van der Waals surface area contributed by atoms with Gasteiger partial charge in [-0.15, -0.1) is 0 Å². The zero-order valence-electron chi connectivity index (χ0n) is 14.2. The van der Waals surface area contributed by atoms with E-state index in [-0.39, 0.29) is 5.82 Å². The van der Waals surface area contributed by atoms with Crippen molar-refractivity contribution in [2.75, 3.05) is 11.9 Å². The molecule has 0 amide bonds. The first kappa shape index (κ1) is 16.2. The third-order valence-electron chi connectivity index (χ3n) is 3.94. The zero-order valence-corrected chi connectivity index (χ0v) is 14.2. The smallest absolute Gasteiger partial charge is 0.138 e. The maximum atomic E-state index is 13.4. The van der Waals surface area contributed by atoms with Gasteiger partial charge in [0.2, 0.25) is 0 Å². The Labute approximate surface area is 141 Å². The fourth-order valence-electron chi connectivity index (χ4n) is 2.63. The van der Waals surface area contributed by atoms with Crippen molar-refractivity contribution in [3.05, 3.63) is 59.5 Å². The molecule has 124 valence electrons. The summed E-state index contributed by atoms with van der Waals surface area (Å²) in [6.07, 6.45) is 2.74. The summed E-state index contributed by atoms with van der Waals surface area (Å²) in [5, 5.41) is 5.36. The van der Waals surface area contributed by atoms with Gasteiger partial charge < -0.3 is 10.1 Å². The predicted octanol–water partition coefficient (Wildman–Crippen LogP) is 5.52. The molecular weight excluding hydrogens is 303 g/mol. The van der Waals surface area contributed by atoms with E-state index in [9.17, 15) is 4.39 Å². The van der Waals surface area contributed by atoms with Gasteiger partial charge in [-0.05, 0) is 73.2 Å². The number of ether oxygens (including phenoxy) is 1. The Kier molecular flexibility index (Phi) is 4.65. The number of fused-ring (bicyclic) bond motifs is 1. The van der Waals surface area contributed by atoms with Crippen LogP contribution < -0.4 is 10.1 Å².